The maximum absolute atomic E-state index is 15.0. The Labute approximate surface area is 211 Å². The van der Waals surface area contributed by atoms with Gasteiger partial charge in [-0.25, -0.2) is 9.37 Å². The fraction of sp³-hybridized carbons (Fsp3) is 0.192. The van der Waals surface area contributed by atoms with E-state index >= 15 is 4.39 Å². The minimum atomic E-state index is -0.621. The standard InChI is InChI=1S/C26H23ClFN3O3S/c27-18-9-7-16(8-10-18)23-13-30-26(35-23)24-20(5-3-6-21(24)28)25(34)31-22(17(14-32)15-33)12-19-4-1-2-11-29-19/h1-11,13,17,22,32-33H,12,14-15H2,(H,31,34)/t22-/m1/s1. The fourth-order valence-corrected chi connectivity index (χ4v) is 4.81. The first-order valence-electron chi connectivity index (χ1n) is 10.9. The molecule has 4 rings (SSSR count). The van der Waals surface area contributed by atoms with Crippen LogP contribution in [0.15, 0.2) is 73.1 Å². The maximum atomic E-state index is 15.0. The number of benzene rings is 2. The van der Waals surface area contributed by atoms with E-state index in [2.05, 4.69) is 15.3 Å². The average Bonchev–Trinajstić information content (AvgIpc) is 3.35. The van der Waals surface area contributed by atoms with Crippen LogP contribution >= 0.6 is 22.9 Å². The van der Waals surface area contributed by atoms with Crippen LogP contribution in [0.2, 0.25) is 5.02 Å². The molecule has 2 aromatic heterocycles. The van der Waals surface area contributed by atoms with Crippen molar-refractivity contribution >= 4 is 28.8 Å². The number of carbonyl (C=O) groups excluding carboxylic acids is 1. The first-order chi connectivity index (χ1) is 17.0. The number of hydrogen-bond acceptors (Lipinski definition) is 6. The largest absolute Gasteiger partial charge is 0.396 e. The number of amides is 1. The van der Waals surface area contributed by atoms with Crippen molar-refractivity contribution in [2.75, 3.05) is 13.2 Å². The predicted molar refractivity (Wildman–Crippen MR) is 135 cm³/mol. The molecule has 0 aliphatic rings. The van der Waals surface area contributed by atoms with Gasteiger partial charge in [-0.05, 0) is 42.0 Å². The molecule has 0 fully saturated rings. The Hall–Kier alpha value is -3.17. The van der Waals surface area contributed by atoms with E-state index < -0.39 is 23.7 Å². The predicted octanol–water partition coefficient (Wildman–Crippen LogP) is 4.61. The number of pyridine rings is 1. The number of aliphatic hydroxyl groups is 2. The number of carbonyl (C=O) groups is 1. The lowest BCUT2D eigenvalue weighted by atomic mass is 9.95. The van der Waals surface area contributed by atoms with E-state index in [9.17, 15) is 15.0 Å². The van der Waals surface area contributed by atoms with Crippen molar-refractivity contribution in [2.45, 2.75) is 12.5 Å². The van der Waals surface area contributed by atoms with Gasteiger partial charge in [0.2, 0.25) is 0 Å². The molecule has 1 atom stereocenters. The van der Waals surface area contributed by atoms with Gasteiger partial charge in [0.15, 0.2) is 0 Å². The quantitative estimate of drug-likeness (QED) is 0.305. The molecule has 0 unspecified atom stereocenters. The van der Waals surface area contributed by atoms with Crippen molar-refractivity contribution in [1.82, 2.24) is 15.3 Å². The van der Waals surface area contributed by atoms with Crippen molar-refractivity contribution in [1.29, 1.82) is 0 Å². The molecule has 3 N–H and O–H groups in total. The fourth-order valence-electron chi connectivity index (χ4n) is 3.71. The van der Waals surface area contributed by atoms with Crippen molar-refractivity contribution in [3.8, 4) is 21.0 Å². The molecule has 2 aromatic carbocycles. The summed E-state index contributed by atoms with van der Waals surface area (Å²) >= 11 is 7.23. The van der Waals surface area contributed by atoms with Crippen LogP contribution in [0.5, 0.6) is 0 Å². The molecule has 0 bridgehead atoms. The molecular formula is C26H23ClFN3O3S. The summed E-state index contributed by atoms with van der Waals surface area (Å²) in [6.07, 6.45) is 3.56. The minimum Gasteiger partial charge on any atom is -0.396 e. The summed E-state index contributed by atoms with van der Waals surface area (Å²) in [4.78, 5) is 22.8. The first kappa shape index (κ1) is 24.9. The van der Waals surface area contributed by atoms with E-state index in [4.69, 9.17) is 11.6 Å². The molecule has 1 amide bonds. The Kier molecular flexibility index (Phi) is 8.20. The van der Waals surface area contributed by atoms with Crippen molar-refractivity contribution in [2.24, 2.45) is 5.92 Å². The third kappa shape index (κ3) is 5.91. The number of nitrogens with zero attached hydrogens (tertiary/aromatic N) is 2. The Morgan fingerprint density at radius 3 is 2.49 bits per heavy atom. The molecule has 0 saturated heterocycles. The summed E-state index contributed by atoms with van der Waals surface area (Å²) in [5, 5.41) is 23.3. The molecule has 0 radical (unpaired) electrons. The Morgan fingerprint density at radius 1 is 1.03 bits per heavy atom. The lowest BCUT2D eigenvalue weighted by molar-refractivity contribution is 0.0848. The van der Waals surface area contributed by atoms with Crippen LogP contribution in [0.1, 0.15) is 16.1 Å². The van der Waals surface area contributed by atoms with Crippen LogP contribution in [-0.2, 0) is 6.42 Å². The normalized spacial score (nSPS) is 12.0. The van der Waals surface area contributed by atoms with Gasteiger partial charge in [-0.2, -0.15) is 0 Å². The Morgan fingerprint density at radius 2 is 1.80 bits per heavy atom. The van der Waals surface area contributed by atoms with Crippen LogP contribution in [0.3, 0.4) is 0 Å². The monoisotopic (exact) mass is 511 g/mol. The number of thiazole rings is 1. The van der Waals surface area contributed by atoms with Gasteiger partial charge in [0.25, 0.3) is 5.91 Å². The third-order valence-electron chi connectivity index (χ3n) is 5.62. The number of nitrogens with one attached hydrogen (secondary N) is 1. The molecule has 0 aliphatic heterocycles. The highest BCUT2D eigenvalue weighted by molar-refractivity contribution is 7.18. The molecule has 180 valence electrons. The summed E-state index contributed by atoms with van der Waals surface area (Å²) < 4.78 is 15.0. The maximum Gasteiger partial charge on any atom is 0.252 e. The second-order valence-electron chi connectivity index (χ2n) is 7.93. The van der Waals surface area contributed by atoms with E-state index in [1.165, 1.54) is 29.5 Å². The van der Waals surface area contributed by atoms with Gasteiger partial charge in [0, 0.05) is 41.5 Å². The lowest BCUT2D eigenvalue weighted by Crippen LogP contribution is -2.45. The zero-order chi connectivity index (χ0) is 24.8. The highest BCUT2D eigenvalue weighted by Gasteiger charge is 2.26. The molecule has 4 aromatic rings. The summed E-state index contributed by atoms with van der Waals surface area (Å²) in [7, 11) is 0. The van der Waals surface area contributed by atoms with Gasteiger partial charge in [0.1, 0.15) is 10.8 Å². The van der Waals surface area contributed by atoms with Crippen LogP contribution in [-0.4, -0.2) is 45.3 Å². The van der Waals surface area contributed by atoms with E-state index in [0.717, 1.165) is 10.4 Å². The number of hydrogen-bond donors (Lipinski definition) is 3. The van der Waals surface area contributed by atoms with Gasteiger partial charge in [-0.15, -0.1) is 11.3 Å². The van der Waals surface area contributed by atoms with E-state index in [1.54, 1.807) is 36.7 Å². The van der Waals surface area contributed by atoms with Gasteiger partial charge < -0.3 is 15.5 Å². The second kappa shape index (κ2) is 11.5. The van der Waals surface area contributed by atoms with Gasteiger partial charge in [-0.1, -0.05) is 35.9 Å². The summed E-state index contributed by atoms with van der Waals surface area (Å²) in [5.74, 6) is -1.72. The molecular weight excluding hydrogens is 489 g/mol. The summed E-state index contributed by atoms with van der Waals surface area (Å²) in [6, 6.07) is 16.3. The molecule has 9 heteroatoms. The van der Waals surface area contributed by atoms with Gasteiger partial charge >= 0.3 is 0 Å². The van der Waals surface area contributed by atoms with E-state index in [0.29, 0.717) is 22.1 Å². The average molecular weight is 512 g/mol. The zero-order valence-electron chi connectivity index (χ0n) is 18.6. The second-order valence-corrected chi connectivity index (χ2v) is 9.40. The topological polar surface area (TPSA) is 95.3 Å². The Bertz CT molecular complexity index is 1280. The molecule has 2 heterocycles. The van der Waals surface area contributed by atoms with Gasteiger partial charge in [-0.3, -0.25) is 9.78 Å². The van der Waals surface area contributed by atoms with Crippen LogP contribution in [0.4, 0.5) is 4.39 Å². The molecule has 0 spiro atoms. The van der Waals surface area contributed by atoms with Crippen molar-refractivity contribution < 1.29 is 19.4 Å². The highest BCUT2D eigenvalue weighted by Crippen LogP contribution is 2.35. The van der Waals surface area contributed by atoms with Crippen LogP contribution in [0, 0.1) is 11.7 Å². The Balaban J connectivity index is 1.64. The number of halogens is 2. The van der Waals surface area contributed by atoms with E-state index in [-0.39, 0.29) is 24.3 Å². The van der Waals surface area contributed by atoms with E-state index in [1.807, 2.05) is 18.2 Å². The SMILES string of the molecule is O=C(N[C@H](Cc1ccccn1)C(CO)CO)c1cccc(F)c1-c1ncc(-c2ccc(Cl)cc2)s1. The smallest absolute Gasteiger partial charge is 0.252 e. The van der Waals surface area contributed by atoms with Crippen LogP contribution in [0.25, 0.3) is 21.0 Å². The molecule has 0 saturated carbocycles. The van der Waals surface area contributed by atoms with Crippen molar-refractivity contribution in [3.63, 3.8) is 0 Å². The zero-order valence-corrected chi connectivity index (χ0v) is 20.1. The number of aliphatic hydroxyl groups excluding tert-OH is 2. The lowest BCUT2D eigenvalue weighted by Gasteiger charge is -2.25. The summed E-state index contributed by atoms with van der Waals surface area (Å²) in [5.41, 5.74) is 1.78. The highest BCUT2D eigenvalue weighted by atomic mass is 35.5. The third-order valence-corrected chi connectivity index (χ3v) is 6.93. The number of rotatable bonds is 9. The molecule has 6 nitrogen and oxygen atoms in total. The molecule has 35 heavy (non-hydrogen) atoms. The van der Waals surface area contributed by atoms with Gasteiger partial charge in [0.05, 0.1) is 29.2 Å². The minimum absolute atomic E-state index is 0.0938. The molecule has 0 aliphatic carbocycles. The summed E-state index contributed by atoms with van der Waals surface area (Å²) in [6.45, 7) is -0.664. The number of aromatic nitrogens is 2. The first-order valence-corrected chi connectivity index (χ1v) is 12.1. The van der Waals surface area contributed by atoms with Crippen molar-refractivity contribution in [3.05, 3.63) is 95.2 Å². The van der Waals surface area contributed by atoms with Crippen LogP contribution < -0.4 is 5.32 Å².